The van der Waals surface area contributed by atoms with Crippen LogP contribution >= 0.6 is 31.9 Å². The zero-order valence-corrected chi connectivity index (χ0v) is 13.1. The molecule has 0 atom stereocenters. The van der Waals surface area contributed by atoms with E-state index in [-0.39, 0.29) is 0 Å². The molecule has 0 saturated carbocycles. The van der Waals surface area contributed by atoms with E-state index in [4.69, 9.17) is 10.5 Å². The summed E-state index contributed by atoms with van der Waals surface area (Å²) in [5, 5.41) is 0. The summed E-state index contributed by atoms with van der Waals surface area (Å²) in [6.45, 7) is 2.55. The molecule has 0 aliphatic heterocycles. The lowest BCUT2D eigenvalue weighted by atomic mass is 10.2. The molecule has 0 fully saturated rings. The Labute approximate surface area is 123 Å². The van der Waals surface area contributed by atoms with E-state index in [2.05, 4.69) is 31.9 Å². The maximum atomic E-state index is 5.82. The van der Waals surface area contributed by atoms with Crippen LogP contribution in [0.15, 0.2) is 45.3 Å². The third-order valence-electron chi connectivity index (χ3n) is 2.60. The lowest BCUT2D eigenvalue weighted by Gasteiger charge is -2.09. The van der Waals surface area contributed by atoms with Gasteiger partial charge in [-0.15, -0.1) is 0 Å². The lowest BCUT2D eigenvalue weighted by Crippen LogP contribution is -1.97. The van der Waals surface area contributed by atoms with E-state index in [1.54, 1.807) is 0 Å². The molecule has 0 aliphatic rings. The average Bonchev–Trinajstić information content (AvgIpc) is 2.35. The number of hydrogen-bond acceptors (Lipinski definition) is 2. The first-order valence-electron chi connectivity index (χ1n) is 5.49. The Morgan fingerprint density at radius 2 is 1.78 bits per heavy atom. The molecule has 2 aromatic rings. The van der Waals surface area contributed by atoms with Crippen LogP contribution in [-0.4, -0.2) is 0 Å². The summed E-state index contributed by atoms with van der Waals surface area (Å²) in [6, 6.07) is 11.8. The maximum absolute atomic E-state index is 5.82. The van der Waals surface area contributed by atoms with Crippen molar-refractivity contribution in [2.75, 3.05) is 5.73 Å². The van der Waals surface area contributed by atoms with Gasteiger partial charge in [0.2, 0.25) is 0 Å². The van der Waals surface area contributed by atoms with Crippen LogP contribution in [0.3, 0.4) is 0 Å². The molecular weight excluding hydrogens is 358 g/mol. The summed E-state index contributed by atoms with van der Waals surface area (Å²) in [7, 11) is 0. The molecule has 0 spiro atoms. The Morgan fingerprint density at radius 3 is 2.44 bits per heavy atom. The van der Waals surface area contributed by atoms with Crippen LogP contribution in [0.5, 0.6) is 5.75 Å². The fourth-order valence-electron chi connectivity index (χ4n) is 1.56. The molecule has 2 aromatic carbocycles. The first-order valence-corrected chi connectivity index (χ1v) is 7.08. The summed E-state index contributed by atoms with van der Waals surface area (Å²) >= 11 is 6.84. The van der Waals surface area contributed by atoms with Gasteiger partial charge in [-0.25, -0.2) is 0 Å². The van der Waals surface area contributed by atoms with Gasteiger partial charge in [0, 0.05) is 14.6 Å². The molecule has 2 nitrogen and oxygen atoms in total. The number of benzene rings is 2. The molecular formula is C14H13Br2NO. The molecule has 0 heterocycles. The second kappa shape index (κ2) is 5.76. The number of halogens is 2. The van der Waals surface area contributed by atoms with Crippen molar-refractivity contribution < 1.29 is 4.74 Å². The van der Waals surface area contributed by atoms with Crippen LogP contribution in [0.4, 0.5) is 5.69 Å². The Hall–Kier alpha value is -1.00. The van der Waals surface area contributed by atoms with Gasteiger partial charge in [0.25, 0.3) is 0 Å². The van der Waals surface area contributed by atoms with Gasteiger partial charge in [-0.2, -0.15) is 0 Å². The van der Waals surface area contributed by atoms with Crippen LogP contribution in [0.2, 0.25) is 0 Å². The van der Waals surface area contributed by atoms with Crippen molar-refractivity contribution in [3.8, 4) is 5.75 Å². The standard InChI is InChI=1S/C14H13Br2NO/c1-9-6-11(3-5-12(9)15)18-8-10-2-4-13(16)14(17)7-10/h2-7H,8,17H2,1H3. The first kappa shape index (κ1) is 13.4. The second-order valence-corrected chi connectivity index (χ2v) is 5.76. The Kier molecular flexibility index (Phi) is 4.30. The fraction of sp³-hybridized carbons (Fsp3) is 0.143. The summed E-state index contributed by atoms with van der Waals surface area (Å²) in [5.41, 5.74) is 8.76. The number of aryl methyl sites for hydroxylation is 1. The summed E-state index contributed by atoms with van der Waals surface area (Å²) in [5.74, 6) is 0.859. The van der Waals surface area contributed by atoms with Crippen LogP contribution in [-0.2, 0) is 6.61 Å². The van der Waals surface area contributed by atoms with Gasteiger partial charge in [0.1, 0.15) is 12.4 Å². The zero-order chi connectivity index (χ0) is 13.1. The van der Waals surface area contributed by atoms with Crippen LogP contribution < -0.4 is 10.5 Å². The van der Waals surface area contributed by atoms with E-state index >= 15 is 0 Å². The highest BCUT2D eigenvalue weighted by Crippen LogP contribution is 2.24. The monoisotopic (exact) mass is 369 g/mol. The molecule has 94 valence electrons. The van der Waals surface area contributed by atoms with Crippen molar-refractivity contribution in [3.63, 3.8) is 0 Å². The van der Waals surface area contributed by atoms with Crippen molar-refractivity contribution in [3.05, 3.63) is 56.5 Å². The molecule has 0 bridgehead atoms. The minimum Gasteiger partial charge on any atom is -0.489 e. The molecule has 0 unspecified atom stereocenters. The van der Waals surface area contributed by atoms with E-state index in [1.807, 2.05) is 43.3 Å². The first-order chi connectivity index (χ1) is 8.56. The fourth-order valence-corrected chi connectivity index (χ4v) is 2.05. The van der Waals surface area contributed by atoms with E-state index in [0.717, 1.165) is 31.5 Å². The van der Waals surface area contributed by atoms with E-state index in [9.17, 15) is 0 Å². The topological polar surface area (TPSA) is 35.2 Å². The van der Waals surface area contributed by atoms with Gasteiger partial charge < -0.3 is 10.5 Å². The van der Waals surface area contributed by atoms with Crippen LogP contribution in [0, 0.1) is 6.92 Å². The minimum absolute atomic E-state index is 0.512. The summed E-state index contributed by atoms with van der Waals surface area (Å²) in [6.07, 6.45) is 0. The minimum atomic E-state index is 0.512. The molecule has 0 aliphatic carbocycles. The van der Waals surface area contributed by atoms with Gasteiger partial charge in [-0.3, -0.25) is 0 Å². The van der Waals surface area contributed by atoms with E-state index in [0.29, 0.717) is 6.61 Å². The average molecular weight is 371 g/mol. The van der Waals surface area contributed by atoms with Crippen LogP contribution in [0.1, 0.15) is 11.1 Å². The Balaban J connectivity index is 2.06. The highest BCUT2D eigenvalue weighted by molar-refractivity contribution is 9.10. The normalized spacial score (nSPS) is 10.4. The van der Waals surface area contributed by atoms with Crippen molar-refractivity contribution >= 4 is 37.5 Å². The third kappa shape index (κ3) is 3.27. The maximum Gasteiger partial charge on any atom is 0.120 e. The van der Waals surface area contributed by atoms with Crippen molar-refractivity contribution in [2.24, 2.45) is 0 Å². The smallest absolute Gasteiger partial charge is 0.120 e. The second-order valence-electron chi connectivity index (χ2n) is 4.06. The van der Waals surface area contributed by atoms with E-state index < -0.39 is 0 Å². The summed E-state index contributed by atoms with van der Waals surface area (Å²) < 4.78 is 7.73. The third-order valence-corrected chi connectivity index (χ3v) is 4.21. The molecule has 0 amide bonds. The highest BCUT2D eigenvalue weighted by Gasteiger charge is 2.01. The molecule has 0 radical (unpaired) electrons. The SMILES string of the molecule is Cc1cc(OCc2ccc(Br)c(N)c2)ccc1Br. The van der Waals surface area contributed by atoms with Crippen molar-refractivity contribution in [1.29, 1.82) is 0 Å². The summed E-state index contributed by atoms with van der Waals surface area (Å²) in [4.78, 5) is 0. The number of ether oxygens (including phenoxy) is 1. The van der Waals surface area contributed by atoms with E-state index in [1.165, 1.54) is 0 Å². The van der Waals surface area contributed by atoms with Gasteiger partial charge in [-0.05, 0) is 64.3 Å². The van der Waals surface area contributed by atoms with Gasteiger partial charge in [0.15, 0.2) is 0 Å². The number of rotatable bonds is 3. The Bertz CT molecular complexity index is 518. The number of anilines is 1. The Morgan fingerprint density at radius 1 is 1.06 bits per heavy atom. The van der Waals surface area contributed by atoms with Crippen LogP contribution in [0.25, 0.3) is 0 Å². The molecule has 0 aromatic heterocycles. The van der Waals surface area contributed by atoms with Gasteiger partial charge in [0.05, 0.1) is 0 Å². The molecule has 2 N–H and O–H groups in total. The highest BCUT2D eigenvalue weighted by atomic mass is 79.9. The number of nitrogens with two attached hydrogens (primary N) is 1. The predicted molar refractivity (Wildman–Crippen MR) is 81.8 cm³/mol. The largest absolute Gasteiger partial charge is 0.489 e. The quantitative estimate of drug-likeness (QED) is 0.796. The van der Waals surface area contributed by atoms with Gasteiger partial charge in [-0.1, -0.05) is 22.0 Å². The molecule has 2 rings (SSSR count). The predicted octanol–water partition coefficient (Wildman–Crippen LogP) is 4.68. The molecule has 0 saturated heterocycles. The van der Waals surface area contributed by atoms with Gasteiger partial charge >= 0.3 is 0 Å². The number of nitrogen functional groups attached to an aromatic ring is 1. The molecule has 18 heavy (non-hydrogen) atoms. The number of hydrogen-bond donors (Lipinski definition) is 1. The van der Waals surface area contributed by atoms with Crippen molar-refractivity contribution in [1.82, 2.24) is 0 Å². The molecule has 4 heteroatoms. The zero-order valence-electron chi connectivity index (χ0n) is 9.91. The lowest BCUT2D eigenvalue weighted by molar-refractivity contribution is 0.306. The van der Waals surface area contributed by atoms with Crippen molar-refractivity contribution in [2.45, 2.75) is 13.5 Å².